The first kappa shape index (κ1) is 12.9. The lowest BCUT2D eigenvalue weighted by Crippen LogP contribution is -2.31. The van der Waals surface area contributed by atoms with Crippen LogP contribution in [0.15, 0.2) is 5.03 Å². The Kier molecular flexibility index (Phi) is 3.49. The minimum absolute atomic E-state index is 0.276. The van der Waals surface area contributed by atoms with Gasteiger partial charge in [0.05, 0.1) is 5.54 Å². The van der Waals surface area contributed by atoms with Crippen molar-refractivity contribution in [2.75, 3.05) is 12.0 Å². The molecule has 1 aromatic heterocycles. The minimum atomic E-state index is -0.419. The van der Waals surface area contributed by atoms with Gasteiger partial charge in [-0.2, -0.15) is 5.10 Å². The van der Waals surface area contributed by atoms with E-state index >= 15 is 0 Å². The first-order valence-electron chi connectivity index (χ1n) is 4.76. The molecule has 1 heterocycles. The van der Waals surface area contributed by atoms with E-state index < -0.39 is 5.91 Å². The summed E-state index contributed by atoms with van der Waals surface area (Å²) in [6.07, 6.45) is 1.84. The predicted molar refractivity (Wildman–Crippen MR) is 65.1 cm³/mol. The number of amides is 1. The zero-order valence-corrected chi connectivity index (χ0v) is 10.7. The van der Waals surface area contributed by atoms with Crippen LogP contribution in [-0.2, 0) is 5.54 Å². The number of anilines is 1. The van der Waals surface area contributed by atoms with Crippen LogP contribution in [0.25, 0.3) is 0 Å². The number of nitrogens with two attached hydrogens (primary N) is 2. The molecule has 0 aromatic carbocycles. The quantitative estimate of drug-likeness (QED) is 0.305. The number of carbonyl (C=O) groups excluding carboxylic acids is 1. The van der Waals surface area contributed by atoms with E-state index in [0.717, 1.165) is 0 Å². The maximum atomic E-state index is 11.6. The maximum Gasteiger partial charge on any atom is 0.271 e. The van der Waals surface area contributed by atoms with E-state index in [-0.39, 0.29) is 5.54 Å². The van der Waals surface area contributed by atoms with E-state index in [0.29, 0.717) is 16.4 Å². The van der Waals surface area contributed by atoms with E-state index in [2.05, 4.69) is 10.5 Å². The predicted octanol–water partition coefficient (Wildman–Crippen LogP) is 0.546. The molecule has 16 heavy (non-hydrogen) atoms. The van der Waals surface area contributed by atoms with Crippen LogP contribution < -0.4 is 17.0 Å². The molecule has 1 amide bonds. The van der Waals surface area contributed by atoms with Crippen LogP contribution in [-0.4, -0.2) is 21.9 Å². The summed E-state index contributed by atoms with van der Waals surface area (Å²) in [6.45, 7) is 5.89. The zero-order chi connectivity index (χ0) is 12.5. The Morgan fingerprint density at radius 1 is 1.50 bits per heavy atom. The third-order valence-corrected chi connectivity index (χ3v) is 2.75. The van der Waals surface area contributed by atoms with Gasteiger partial charge >= 0.3 is 0 Å². The molecule has 7 heteroatoms. The highest BCUT2D eigenvalue weighted by Crippen LogP contribution is 2.28. The first-order chi connectivity index (χ1) is 7.32. The lowest BCUT2D eigenvalue weighted by molar-refractivity contribution is 0.0951. The molecule has 0 radical (unpaired) electrons. The number of thioether (sulfide) groups is 1. The fraction of sp³-hybridized carbons (Fsp3) is 0.556. The highest BCUT2D eigenvalue weighted by atomic mass is 32.2. The summed E-state index contributed by atoms with van der Waals surface area (Å²) in [5.41, 5.74) is 8.05. The molecule has 0 aliphatic carbocycles. The molecule has 1 rings (SSSR count). The molecule has 1 aromatic rings. The summed E-state index contributed by atoms with van der Waals surface area (Å²) in [5, 5.41) is 4.89. The third-order valence-electron chi connectivity index (χ3n) is 2.08. The van der Waals surface area contributed by atoms with Crippen molar-refractivity contribution < 1.29 is 4.79 Å². The first-order valence-corrected chi connectivity index (χ1v) is 5.99. The molecular formula is C9H17N5OS. The van der Waals surface area contributed by atoms with E-state index in [1.165, 1.54) is 11.8 Å². The van der Waals surface area contributed by atoms with Crippen molar-refractivity contribution in [1.82, 2.24) is 15.2 Å². The highest BCUT2D eigenvalue weighted by molar-refractivity contribution is 7.98. The van der Waals surface area contributed by atoms with Crippen molar-refractivity contribution in [2.24, 2.45) is 5.84 Å². The molecular weight excluding hydrogens is 226 g/mol. The van der Waals surface area contributed by atoms with Crippen LogP contribution in [0.2, 0.25) is 0 Å². The largest absolute Gasteiger partial charge is 0.383 e. The fourth-order valence-corrected chi connectivity index (χ4v) is 1.91. The number of hydrazine groups is 1. The summed E-state index contributed by atoms with van der Waals surface area (Å²) in [4.78, 5) is 11.6. The molecule has 90 valence electrons. The van der Waals surface area contributed by atoms with Crippen molar-refractivity contribution in [3.8, 4) is 0 Å². The van der Waals surface area contributed by atoms with Gasteiger partial charge in [-0.1, -0.05) is 0 Å². The van der Waals surface area contributed by atoms with Crippen LogP contribution in [0, 0.1) is 0 Å². The molecule has 0 atom stereocenters. The molecule has 0 fully saturated rings. The average molecular weight is 243 g/mol. The number of carbonyl (C=O) groups is 1. The van der Waals surface area contributed by atoms with Gasteiger partial charge in [0.2, 0.25) is 0 Å². The molecule has 0 saturated heterocycles. The van der Waals surface area contributed by atoms with E-state index in [1.807, 2.05) is 27.0 Å². The fourth-order valence-electron chi connectivity index (χ4n) is 1.35. The second-order valence-electron chi connectivity index (χ2n) is 4.33. The standard InChI is InChI=1S/C9H17N5OS/c1-9(2,3)14-6(10)5(7(15)12-11)8(13-14)16-4/h10-11H2,1-4H3,(H,12,15). The maximum absolute atomic E-state index is 11.6. The van der Waals surface area contributed by atoms with Gasteiger partial charge < -0.3 is 5.73 Å². The summed E-state index contributed by atoms with van der Waals surface area (Å²) in [5.74, 6) is 5.03. The Morgan fingerprint density at radius 3 is 2.44 bits per heavy atom. The molecule has 0 unspecified atom stereocenters. The van der Waals surface area contributed by atoms with E-state index in [9.17, 15) is 4.79 Å². The smallest absolute Gasteiger partial charge is 0.271 e. The van der Waals surface area contributed by atoms with Crippen LogP contribution in [0.5, 0.6) is 0 Å². The van der Waals surface area contributed by atoms with E-state index in [4.69, 9.17) is 11.6 Å². The van der Waals surface area contributed by atoms with Gasteiger partial charge in [0.1, 0.15) is 16.4 Å². The second kappa shape index (κ2) is 4.34. The number of hydrogen-bond donors (Lipinski definition) is 3. The monoisotopic (exact) mass is 243 g/mol. The van der Waals surface area contributed by atoms with Crippen molar-refractivity contribution in [3.63, 3.8) is 0 Å². The summed E-state index contributed by atoms with van der Waals surface area (Å²) in [6, 6.07) is 0. The average Bonchev–Trinajstić information content (AvgIpc) is 2.53. The van der Waals surface area contributed by atoms with E-state index in [1.54, 1.807) is 4.68 Å². The van der Waals surface area contributed by atoms with Crippen molar-refractivity contribution in [1.29, 1.82) is 0 Å². The summed E-state index contributed by atoms with van der Waals surface area (Å²) < 4.78 is 1.63. The number of nitrogens with zero attached hydrogens (tertiary/aromatic N) is 2. The lowest BCUT2D eigenvalue weighted by atomic mass is 10.1. The molecule has 0 saturated carbocycles. The van der Waals surface area contributed by atoms with Crippen molar-refractivity contribution >= 4 is 23.5 Å². The van der Waals surface area contributed by atoms with Gasteiger partial charge in [0, 0.05) is 0 Å². The number of aromatic nitrogens is 2. The molecule has 6 nitrogen and oxygen atoms in total. The van der Waals surface area contributed by atoms with Crippen molar-refractivity contribution in [3.05, 3.63) is 5.56 Å². The van der Waals surface area contributed by atoms with Gasteiger partial charge in [0.15, 0.2) is 0 Å². The van der Waals surface area contributed by atoms with Crippen LogP contribution in [0.3, 0.4) is 0 Å². The van der Waals surface area contributed by atoms with Gasteiger partial charge in [-0.05, 0) is 27.0 Å². The van der Waals surface area contributed by atoms with Crippen LogP contribution in [0.1, 0.15) is 31.1 Å². The number of hydrogen-bond acceptors (Lipinski definition) is 5. The third kappa shape index (κ3) is 2.14. The Labute approximate surface area is 98.7 Å². The molecule has 0 bridgehead atoms. The lowest BCUT2D eigenvalue weighted by Gasteiger charge is -2.20. The molecule has 5 N–H and O–H groups in total. The topological polar surface area (TPSA) is 99.0 Å². The van der Waals surface area contributed by atoms with Crippen molar-refractivity contribution in [2.45, 2.75) is 31.3 Å². The Morgan fingerprint density at radius 2 is 2.06 bits per heavy atom. The molecule has 0 spiro atoms. The van der Waals surface area contributed by atoms with Crippen LogP contribution >= 0.6 is 11.8 Å². The van der Waals surface area contributed by atoms with Gasteiger partial charge in [-0.25, -0.2) is 10.5 Å². The summed E-state index contributed by atoms with van der Waals surface area (Å²) >= 11 is 1.36. The Hall–Kier alpha value is -1.21. The second-order valence-corrected chi connectivity index (χ2v) is 5.12. The van der Waals surface area contributed by atoms with Gasteiger partial charge in [-0.3, -0.25) is 10.2 Å². The number of rotatable bonds is 2. The minimum Gasteiger partial charge on any atom is -0.383 e. The molecule has 0 aliphatic rings. The molecule has 0 aliphatic heterocycles. The normalized spacial score (nSPS) is 11.6. The van der Waals surface area contributed by atoms with Gasteiger partial charge in [0.25, 0.3) is 5.91 Å². The SMILES string of the molecule is CSc1nn(C(C)(C)C)c(N)c1C(=O)NN. The van der Waals surface area contributed by atoms with Gasteiger partial charge in [-0.15, -0.1) is 11.8 Å². The Bertz CT molecular complexity index is 407. The highest BCUT2D eigenvalue weighted by Gasteiger charge is 2.26. The Balaban J connectivity index is 3.38. The number of nitrogens with one attached hydrogen (secondary N) is 1. The van der Waals surface area contributed by atoms with Crippen LogP contribution in [0.4, 0.5) is 5.82 Å². The number of nitrogen functional groups attached to an aromatic ring is 2. The summed E-state index contributed by atoms with van der Waals surface area (Å²) in [7, 11) is 0. The zero-order valence-electron chi connectivity index (χ0n) is 9.87.